The minimum atomic E-state index is -4.15. The second-order valence-corrected chi connectivity index (χ2v) is 6.43. The minimum Gasteiger partial charge on any atom is -0.364 e. The molecule has 0 radical (unpaired) electrons. The van der Waals surface area contributed by atoms with Crippen molar-refractivity contribution in [3.8, 4) is 0 Å². The fraction of sp³-hybridized carbons (Fsp3) is 0.750. The topological polar surface area (TPSA) is 60.1 Å². The molecule has 1 aromatic rings. The summed E-state index contributed by atoms with van der Waals surface area (Å²) in [4.78, 5) is 10.0. The molecule has 0 atom stereocenters. The third kappa shape index (κ3) is 9.10. The number of piperazine rings is 1. The highest BCUT2D eigenvalue weighted by molar-refractivity contribution is 14.0. The van der Waals surface area contributed by atoms with Gasteiger partial charge in [0, 0.05) is 52.4 Å². The minimum absolute atomic E-state index is 0. The number of halogens is 4. The van der Waals surface area contributed by atoms with Crippen LogP contribution in [-0.2, 0) is 6.54 Å². The first-order valence-corrected chi connectivity index (χ1v) is 8.70. The summed E-state index contributed by atoms with van der Waals surface area (Å²) in [7, 11) is 3.20. The van der Waals surface area contributed by atoms with E-state index in [4.69, 9.17) is 4.52 Å². The fourth-order valence-electron chi connectivity index (χ4n) is 2.93. The van der Waals surface area contributed by atoms with Gasteiger partial charge in [-0.1, -0.05) is 5.16 Å². The Kier molecular flexibility index (Phi) is 10.4. The molecule has 0 saturated carbocycles. The molecular formula is C16H28F3IN6O. The van der Waals surface area contributed by atoms with Gasteiger partial charge in [-0.25, -0.2) is 0 Å². The fourth-order valence-corrected chi connectivity index (χ4v) is 2.93. The Bertz CT molecular complexity index is 547. The van der Waals surface area contributed by atoms with E-state index in [2.05, 4.69) is 25.3 Å². The van der Waals surface area contributed by atoms with Crippen LogP contribution in [0.25, 0.3) is 0 Å². The predicted octanol–water partition coefficient (Wildman–Crippen LogP) is 1.87. The van der Waals surface area contributed by atoms with Crippen molar-refractivity contribution in [3.05, 3.63) is 18.0 Å². The van der Waals surface area contributed by atoms with Crippen molar-refractivity contribution < 1.29 is 17.7 Å². The van der Waals surface area contributed by atoms with Crippen LogP contribution in [0.5, 0.6) is 0 Å². The quantitative estimate of drug-likeness (QED) is 0.265. The first-order valence-electron chi connectivity index (χ1n) is 8.70. The monoisotopic (exact) mass is 504 g/mol. The maximum Gasteiger partial charge on any atom is 0.401 e. The van der Waals surface area contributed by atoms with Gasteiger partial charge >= 0.3 is 6.18 Å². The number of aromatic nitrogens is 1. The van der Waals surface area contributed by atoms with Crippen molar-refractivity contribution in [2.75, 3.05) is 59.9 Å². The molecule has 1 saturated heterocycles. The van der Waals surface area contributed by atoms with Gasteiger partial charge in [0.1, 0.15) is 6.26 Å². The molecule has 2 heterocycles. The number of nitrogens with zero attached hydrogens (tertiary/aromatic N) is 5. The number of alkyl halides is 3. The van der Waals surface area contributed by atoms with Gasteiger partial charge in [-0.15, -0.1) is 24.0 Å². The molecule has 0 bridgehead atoms. The molecule has 1 aromatic heterocycles. The summed E-state index contributed by atoms with van der Waals surface area (Å²) in [5.41, 5.74) is 0.920. The van der Waals surface area contributed by atoms with E-state index in [1.165, 1.54) is 11.9 Å². The SMILES string of the molecule is CN=C(NCCCN(C)CC(F)(F)F)N1CCN(Cc2ccon2)CC1.I. The lowest BCUT2D eigenvalue weighted by Crippen LogP contribution is -2.52. The Morgan fingerprint density at radius 1 is 1.33 bits per heavy atom. The van der Waals surface area contributed by atoms with Crippen molar-refractivity contribution in [2.24, 2.45) is 4.99 Å². The first kappa shape index (κ1) is 24.0. The highest BCUT2D eigenvalue weighted by Gasteiger charge is 2.28. The second-order valence-electron chi connectivity index (χ2n) is 6.43. The van der Waals surface area contributed by atoms with E-state index in [0.717, 1.165) is 44.4 Å². The summed E-state index contributed by atoms with van der Waals surface area (Å²) in [5.74, 6) is 0.796. The van der Waals surface area contributed by atoms with E-state index in [0.29, 0.717) is 19.5 Å². The summed E-state index contributed by atoms with van der Waals surface area (Å²) < 4.78 is 41.7. The number of hydrogen-bond donors (Lipinski definition) is 1. The van der Waals surface area contributed by atoms with Gasteiger partial charge in [-0.05, 0) is 20.0 Å². The molecule has 156 valence electrons. The zero-order chi connectivity index (χ0) is 19.0. The van der Waals surface area contributed by atoms with Crippen molar-refractivity contribution >= 4 is 29.9 Å². The molecule has 2 rings (SSSR count). The van der Waals surface area contributed by atoms with Crippen molar-refractivity contribution in [1.82, 2.24) is 25.2 Å². The summed E-state index contributed by atoms with van der Waals surface area (Å²) in [6.07, 6.45) is -1.95. The van der Waals surface area contributed by atoms with Crippen molar-refractivity contribution in [1.29, 1.82) is 0 Å². The van der Waals surface area contributed by atoms with Gasteiger partial charge in [0.2, 0.25) is 0 Å². The van der Waals surface area contributed by atoms with Crippen molar-refractivity contribution in [2.45, 2.75) is 19.1 Å². The predicted molar refractivity (Wildman–Crippen MR) is 108 cm³/mol. The number of nitrogens with one attached hydrogen (secondary N) is 1. The molecule has 1 N–H and O–H groups in total. The van der Waals surface area contributed by atoms with Crippen molar-refractivity contribution in [3.63, 3.8) is 0 Å². The Morgan fingerprint density at radius 3 is 2.59 bits per heavy atom. The molecular weight excluding hydrogens is 476 g/mol. The highest BCUT2D eigenvalue weighted by Crippen LogP contribution is 2.15. The van der Waals surface area contributed by atoms with E-state index < -0.39 is 12.7 Å². The summed E-state index contributed by atoms with van der Waals surface area (Å²) >= 11 is 0. The van der Waals surface area contributed by atoms with Gasteiger partial charge < -0.3 is 14.7 Å². The number of aliphatic imine (C=N–C) groups is 1. The summed E-state index contributed by atoms with van der Waals surface area (Å²) in [6, 6.07) is 1.86. The molecule has 11 heteroatoms. The van der Waals surface area contributed by atoms with Gasteiger partial charge in [0.15, 0.2) is 5.96 Å². The van der Waals surface area contributed by atoms with Crippen LogP contribution in [0.15, 0.2) is 21.8 Å². The first-order chi connectivity index (χ1) is 12.4. The van der Waals surface area contributed by atoms with E-state index >= 15 is 0 Å². The molecule has 0 aromatic carbocycles. The average Bonchev–Trinajstić information content (AvgIpc) is 3.07. The van der Waals surface area contributed by atoms with E-state index in [9.17, 15) is 13.2 Å². The summed E-state index contributed by atoms with van der Waals surface area (Å²) in [5, 5.41) is 7.17. The van der Waals surface area contributed by atoms with Crippen LogP contribution in [0.4, 0.5) is 13.2 Å². The third-order valence-electron chi connectivity index (χ3n) is 4.21. The van der Waals surface area contributed by atoms with Crippen LogP contribution in [0.1, 0.15) is 12.1 Å². The second kappa shape index (κ2) is 11.7. The standard InChI is InChI=1S/C16H27F3N6O.HI/c1-20-15(21-5-3-6-23(2)13-16(17,18)19)25-9-7-24(8-10-25)12-14-4-11-26-22-14;/h4,11H,3,5-10,12-13H2,1-2H3,(H,20,21);1H. The van der Waals surface area contributed by atoms with E-state index in [1.807, 2.05) is 6.07 Å². The molecule has 0 unspecified atom stereocenters. The molecule has 0 aliphatic carbocycles. The van der Waals surface area contributed by atoms with Crippen LogP contribution in [0.3, 0.4) is 0 Å². The summed E-state index contributed by atoms with van der Waals surface area (Å²) in [6.45, 7) is 4.32. The van der Waals surface area contributed by atoms with Gasteiger partial charge in [0.25, 0.3) is 0 Å². The molecule has 0 amide bonds. The zero-order valence-electron chi connectivity index (χ0n) is 15.7. The molecule has 1 aliphatic heterocycles. The van der Waals surface area contributed by atoms with Crippen LogP contribution in [0.2, 0.25) is 0 Å². The molecule has 7 nitrogen and oxygen atoms in total. The van der Waals surface area contributed by atoms with E-state index in [-0.39, 0.29) is 24.0 Å². The Morgan fingerprint density at radius 2 is 2.04 bits per heavy atom. The van der Waals surface area contributed by atoms with Gasteiger partial charge in [-0.2, -0.15) is 13.2 Å². The Labute approximate surface area is 175 Å². The smallest absolute Gasteiger partial charge is 0.364 e. The van der Waals surface area contributed by atoms with Gasteiger partial charge in [-0.3, -0.25) is 14.8 Å². The lowest BCUT2D eigenvalue weighted by atomic mass is 10.3. The van der Waals surface area contributed by atoms with Crippen LogP contribution in [-0.4, -0.2) is 91.9 Å². The molecule has 0 spiro atoms. The number of rotatable bonds is 7. The number of guanidine groups is 1. The average molecular weight is 504 g/mol. The molecule has 27 heavy (non-hydrogen) atoms. The van der Waals surface area contributed by atoms with E-state index in [1.54, 1.807) is 13.3 Å². The van der Waals surface area contributed by atoms with Crippen LogP contribution < -0.4 is 5.32 Å². The maximum atomic E-state index is 12.3. The lowest BCUT2D eigenvalue weighted by molar-refractivity contribution is -0.143. The largest absolute Gasteiger partial charge is 0.401 e. The van der Waals surface area contributed by atoms with Crippen LogP contribution >= 0.6 is 24.0 Å². The number of hydrogen-bond acceptors (Lipinski definition) is 5. The zero-order valence-corrected chi connectivity index (χ0v) is 18.0. The molecule has 1 aliphatic rings. The molecule has 1 fully saturated rings. The van der Waals surface area contributed by atoms with Gasteiger partial charge in [0.05, 0.1) is 12.2 Å². The maximum absolute atomic E-state index is 12.3. The third-order valence-corrected chi connectivity index (χ3v) is 4.21. The van der Waals surface area contributed by atoms with Crippen LogP contribution in [0, 0.1) is 0 Å². The highest BCUT2D eigenvalue weighted by atomic mass is 127. The normalized spacial score (nSPS) is 16.5. The lowest BCUT2D eigenvalue weighted by Gasteiger charge is -2.36. The Balaban J connectivity index is 0.00000364. The Hall–Kier alpha value is -1.08.